The Kier molecular flexibility index (Phi) is 2.29. The lowest BCUT2D eigenvalue weighted by Crippen LogP contribution is -2.11. The Hall–Kier alpha value is -1.95. The number of nitrogens with one attached hydrogen (secondary N) is 1. The molecule has 0 unspecified atom stereocenters. The number of H-pyrrole nitrogens is 1. The van der Waals surface area contributed by atoms with E-state index in [1.165, 1.54) is 4.88 Å². The minimum Gasteiger partial charge on any atom is -0.267 e. The molecule has 6 heteroatoms. The fourth-order valence-electron chi connectivity index (χ4n) is 1.88. The Labute approximate surface area is 101 Å². The third kappa shape index (κ3) is 1.66. The molecule has 0 aromatic carbocycles. The molecule has 3 rings (SSSR count). The van der Waals surface area contributed by atoms with Crippen molar-refractivity contribution < 1.29 is 0 Å². The molecular weight excluding hydrogens is 236 g/mol. The molecule has 17 heavy (non-hydrogen) atoms. The molecule has 0 amide bonds. The van der Waals surface area contributed by atoms with Crippen LogP contribution in [0, 0.1) is 0 Å². The highest BCUT2D eigenvalue weighted by molar-refractivity contribution is 7.09. The van der Waals surface area contributed by atoms with Gasteiger partial charge in [0.2, 0.25) is 0 Å². The fourth-order valence-corrected chi connectivity index (χ4v) is 2.59. The Morgan fingerprint density at radius 3 is 3.18 bits per heavy atom. The van der Waals surface area contributed by atoms with E-state index in [1.807, 2.05) is 18.5 Å². The predicted octanol–water partition coefficient (Wildman–Crippen LogP) is 1.31. The largest absolute Gasteiger partial charge is 0.275 e. The van der Waals surface area contributed by atoms with Crippen molar-refractivity contribution in [3.05, 3.63) is 44.6 Å². The second-order valence-electron chi connectivity index (χ2n) is 3.79. The summed E-state index contributed by atoms with van der Waals surface area (Å²) in [5, 5.41) is 13.4. The molecule has 3 heterocycles. The molecule has 0 aliphatic carbocycles. The molecule has 0 aliphatic rings. The van der Waals surface area contributed by atoms with Crippen LogP contribution in [0.2, 0.25) is 0 Å². The lowest BCUT2D eigenvalue weighted by Gasteiger charge is -2.01. The van der Waals surface area contributed by atoms with Crippen molar-refractivity contribution in [1.82, 2.24) is 20.0 Å². The van der Waals surface area contributed by atoms with Crippen LogP contribution in [0.25, 0.3) is 10.9 Å². The summed E-state index contributed by atoms with van der Waals surface area (Å²) in [5.74, 6) is 0. The van der Waals surface area contributed by atoms with Crippen molar-refractivity contribution in [2.24, 2.45) is 7.05 Å². The number of hydrogen-bond acceptors (Lipinski definition) is 4. The molecule has 0 spiro atoms. The Bertz CT molecular complexity index is 711. The zero-order chi connectivity index (χ0) is 11.8. The third-order valence-electron chi connectivity index (χ3n) is 2.67. The maximum atomic E-state index is 11.6. The molecule has 0 atom stereocenters. The highest BCUT2D eigenvalue weighted by Crippen LogP contribution is 2.18. The smallest absolute Gasteiger partial charge is 0.267 e. The molecule has 0 fully saturated rings. The number of fused-ring (bicyclic) bond motifs is 1. The van der Waals surface area contributed by atoms with Gasteiger partial charge in [-0.1, -0.05) is 6.07 Å². The lowest BCUT2D eigenvalue weighted by molar-refractivity contribution is 0.785. The van der Waals surface area contributed by atoms with Crippen LogP contribution in [-0.4, -0.2) is 20.0 Å². The second kappa shape index (κ2) is 3.81. The zero-order valence-electron chi connectivity index (χ0n) is 9.17. The van der Waals surface area contributed by atoms with Crippen LogP contribution in [0.1, 0.15) is 10.6 Å². The third-order valence-corrected chi connectivity index (χ3v) is 3.55. The van der Waals surface area contributed by atoms with Gasteiger partial charge >= 0.3 is 0 Å². The number of hydrogen-bond donors (Lipinski definition) is 1. The van der Waals surface area contributed by atoms with Crippen LogP contribution in [0.3, 0.4) is 0 Å². The summed E-state index contributed by atoms with van der Waals surface area (Å²) in [5.41, 5.74) is 1.47. The van der Waals surface area contributed by atoms with Gasteiger partial charge in [0.1, 0.15) is 0 Å². The van der Waals surface area contributed by atoms with Crippen molar-refractivity contribution in [3.63, 3.8) is 0 Å². The van der Waals surface area contributed by atoms with E-state index in [9.17, 15) is 4.79 Å². The highest BCUT2D eigenvalue weighted by atomic mass is 32.1. The summed E-state index contributed by atoms with van der Waals surface area (Å²) in [6, 6.07) is 4.06. The van der Waals surface area contributed by atoms with Gasteiger partial charge in [0.05, 0.1) is 22.8 Å². The van der Waals surface area contributed by atoms with Crippen LogP contribution >= 0.6 is 11.3 Å². The molecule has 0 saturated carbocycles. The molecule has 0 saturated heterocycles. The van der Waals surface area contributed by atoms with Gasteiger partial charge in [0, 0.05) is 18.3 Å². The zero-order valence-corrected chi connectivity index (χ0v) is 9.99. The molecule has 0 bridgehead atoms. The molecule has 3 aromatic rings. The number of rotatable bonds is 2. The molecule has 1 N–H and O–H groups in total. The van der Waals surface area contributed by atoms with Gasteiger partial charge in [-0.05, 0) is 11.4 Å². The van der Waals surface area contributed by atoms with E-state index >= 15 is 0 Å². The number of nitrogens with zero attached hydrogens (tertiary/aromatic N) is 3. The topological polar surface area (TPSA) is 63.6 Å². The van der Waals surface area contributed by atoms with Gasteiger partial charge in [-0.2, -0.15) is 10.2 Å². The first-order valence-electron chi connectivity index (χ1n) is 5.17. The standard InChI is InChI=1S/C11H10N4OS/c1-15-10-8(6-12-15)11(16)14-13-9(10)5-7-3-2-4-17-7/h2-4,6H,5H2,1H3,(H,14,16). The summed E-state index contributed by atoms with van der Waals surface area (Å²) in [7, 11) is 1.82. The number of thiophene rings is 1. The van der Waals surface area contributed by atoms with Crippen molar-refractivity contribution in [2.75, 3.05) is 0 Å². The summed E-state index contributed by atoms with van der Waals surface area (Å²) < 4.78 is 1.69. The summed E-state index contributed by atoms with van der Waals surface area (Å²) in [4.78, 5) is 12.8. The summed E-state index contributed by atoms with van der Waals surface area (Å²) >= 11 is 1.68. The quantitative estimate of drug-likeness (QED) is 0.741. The normalized spacial score (nSPS) is 11.1. The fraction of sp³-hybridized carbons (Fsp3) is 0.182. The number of aromatic nitrogens is 4. The predicted molar refractivity (Wildman–Crippen MR) is 66.3 cm³/mol. The van der Waals surface area contributed by atoms with Crippen molar-refractivity contribution in [2.45, 2.75) is 6.42 Å². The van der Waals surface area contributed by atoms with Gasteiger partial charge < -0.3 is 0 Å². The van der Waals surface area contributed by atoms with Gasteiger partial charge in [-0.3, -0.25) is 9.48 Å². The monoisotopic (exact) mass is 246 g/mol. The van der Waals surface area contributed by atoms with Crippen LogP contribution in [0.15, 0.2) is 28.5 Å². The Morgan fingerprint density at radius 1 is 1.53 bits per heavy atom. The SMILES string of the molecule is Cn1ncc2c(=O)[nH]nc(Cc3cccs3)c21. The molecule has 86 valence electrons. The van der Waals surface area contributed by atoms with E-state index in [0.29, 0.717) is 11.8 Å². The second-order valence-corrected chi connectivity index (χ2v) is 4.82. The molecule has 5 nitrogen and oxygen atoms in total. The van der Waals surface area contributed by atoms with Crippen LogP contribution in [0.5, 0.6) is 0 Å². The van der Waals surface area contributed by atoms with E-state index < -0.39 is 0 Å². The van der Waals surface area contributed by atoms with Gasteiger partial charge in [0.25, 0.3) is 5.56 Å². The summed E-state index contributed by atoms with van der Waals surface area (Å²) in [6.07, 6.45) is 2.29. The van der Waals surface area contributed by atoms with E-state index in [2.05, 4.69) is 21.4 Å². The highest BCUT2D eigenvalue weighted by Gasteiger charge is 2.11. The Morgan fingerprint density at radius 2 is 2.41 bits per heavy atom. The first-order valence-corrected chi connectivity index (χ1v) is 6.05. The van der Waals surface area contributed by atoms with Gasteiger partial charge in [0.15, 0.2) is 0 Å². The van der Waals surface area contributed by atoms with E-state index in [4.69, 9.17) is 0 Å². The first kappa shape index (κ1) is 10.2. The van der Waals surface area contributed by atoms with Crippen LogP contribution in [0.4, 0.5) is 0 Å². The number of aryl methyl sites for hydroxylation is 1. The molecular formula is C11H10N4OS. The number of aromatic amines is 1. The van der Waals surface area contributed by atoms with Crippen molar-refractivity contribution in [3.8, 4) is 0 Å². The minimum atomic E-state index is -0.192. The van der Waals surface area contributed by atoms with E-state index in [1.54, 1.807) is 22.2 Å². The van der Waals surface area contributed by atoms with Gasteiger partial charge in [-0.15, -0.1) is 11.3 Å². The Balaban J connectivity index is 2.20. The maximum Gasteiger partial charge on any atom is 0.275 e. The maximum absolute atomic E-state index is 11.6. The minimum absolute atomic E-state index is 0.192. The first-order chi connectivity index (χ1) is 8.25. The molecule has 3 aromatic heterocycles. The van der Waals surface area contributed by atoms with Crippen LogP contribution in [-0.2, 0) is 13.5 Å². The lowest BCUT2D eigenvalue weighted by atomic mass is 10.2. The molecule has 0 aliphatic heterocycles. The van der Waals surface area contributed by atoms with E-state index in [-0.39, 0.29) is 5.56 Å². The average molecular weight is 246 g/mol. The average Bonchev–Trinajstić information content (AvgIpc) is 2.93. The molecule has 0 radical (unpaired) electrons. The van der Waals surface area contributed by atoms with Crippen LogP contribution < -0.4 is 5.56 Å². The van der Waals surface area contributed by atoms with E-state index in [0.717, 1.165) is 11.2 Å². The summed E-state index contributed by atoms with van der Waals surface area (Å²) in [6.45, 7) is 0. The van der Waals surface area contributed by atoms with Crippen molar-refractivity contribution in [1.29, 1.82) is 0 Å². The van der Waals surface area contributed by atoms with Crippen molar-refractivity contribution >= 4 is 22.2 Å². The van der Waals surface area contributed by atoms with Gasteiger partial charge in [-0.25, -0.2) is 5.10 Å².